The van der Waals surface area contributed by atoms with Crippen LogP contribution in [0, 0.1) is 6.92 Å². The Morgan fingerprint density at radius 2 is 2.00 bits per heavy atom. The highest BCUT2D eigenvalue weighted by Crippen LogP contribution is 2.15. The normalized spacial score (nSPS) is 10.6. The number of aromatic nitrogens is 1. The molecule has 3 nitrogen and oxygen atoms in total. The molecule has 0 amide bonds. The van der Waals surface area contributed by atoms with E-state index < -0.39 is 0 Å². The molecule has 2 aromatic rings. The van der Waals surface area contributed by atoms with Gasteiger partial charge in [0.25, 0.3) is 0 Å². The van der Waals surface area contributed by atoms with E-state index in [0.29, 0.717) is 0 Å². The van der Waals surface area contributed by atoms with Gasteiger partial charge >= 0.3 is 0 Å². The van der Waals surface area contributed by atoms with Crippen LogP contribution in [0.3, 0.4) is 0 Å². The minimum absolute atomic E-state index is 0.874. The number of pyridine rings is 1. The Bertz CT molecular complexity index is 551. The molecule has 0 fully saturated rings. The second-order valence-corrected chi connectivity index (χ2v) is 5.15. The van der Waals surface area contributed by atoms with Gasteiger partial charge in [-0.3, -0.25) is 0 Å². The van der Waals surface area contributed by atoms with Gasteiger partial charge in [0.15, 0.2) is 0 Å². The molecular weight excluding hydrogens is 246 g/mol. The lowest BCUT2D eigenvalue weighted by atomic mass is 10.1. The van der Waals surface area contributed by atoms with Gasteiger partial charge in [-0.05, 0) is 36.7 Å². The molecule has 0 aliphatic carbocycles. The highest BCUT2D eigenvalue weighted by Gasteiger charge is 2.04. The predicted octanol–water partition coefficient (Wildman–Crippen LogP) is 3.14. The Balaban J connectivity index is 2.06. The lowest BCUT2D eigenvalue weighted by Gasteiger charge is -2.19. The fourth-order valence-corrected chi connectivity index (χ4v) is 2.21. The largest absolute Gasteiger partial charge is 0.355 e. The van der Waals surface area contributed by atoms with Crippen LogP contribution in [0.15, 0.2) is 42.6 Å². The van der Waals surface area contributed by atoms with Crippen LogP contribution in [0.25, 0.3) is 0 Å². The molecule has 1 aromatic carbocycles. The first-order chi connectivity index (χ1) is 9.69. The van der Waals surface area contributed by atoms with Crippen LogP contribution in [0.2, 0.25) is 0 Å². The minimum atomic E-state index is 0.874. The van der Waals surface area contributed by atoms with Gasteiger partial charge in [0.1, 0.15) is 5.82 Å². The average Bonchev–Trinajstić information content (AvgIpc) is 2.45. The molecule has 0 bridgehead atoms. The van der Waals surface area contributed by atoms with Crippen LogP contribution < -0.4 is 10.2 Å². The van der Waals surface area contributed by atoms with Crippen LogP contribution in [0.4, 0.5) is 5.82 Å². The summed E-state index contributed by atoms with van der Waals surface area (Å²) in [4.78, 5) is 6.65. The summed E-state index contributed by atoms with van der Waals surface area (Å²) in [5.74, 6) is 1.02. The van der Waals surface area contributed by atoms with Crippen molar-refractivity contribution >= 4 is 5.82 Å². The van der Waals surface area contributed by atoms with Gasteiger partial charge in [0, 0.05) is 26.3 Å². The van der Waals surface area contributed by atoms with E-state index in [1.807, 2.05) is 6.20 Å². The first-order valence-corrected chi connectivity index (χ1v) is 7.11. The van der Waals surface area contributed by atoms with Gasteiger partial charge in [-0.1, -0.05) is 36.8 Å². The molecule has 0 spiro atoms. The van der Waals surface area contributed by atoms with Crippen molar-refractivity contribution in [3.63, 3.8) is 0 Å². The van der Waals surface area contributed by atoms with Gasteiger partial charge in [-0.25, -0.2) is 4.98 Å². The van der Waals surface area contributed by atoms with Gasteiger partial charge < -0.3 is 10.2 Å². The number of nitrogens with one attached hydrogen (secondary N) is 1. The van der Waals surface area contributed by atoms with E-state index in [1.165, 1.54) is 16.7 Å². The summed E-state index contributed by atoms with van der Waals surface area (Å²) in [6.45, 7) is 6.99. The van der Waals surface area contributed by atoms with E-state index >= 15 is 0 Å². The first-order valence-electron chi connectivity index (χ1n) is 7.11. The lowest BCUT2D eigenvalue weighted by Crippen LogP contribution is -2.18. The maximum Gasteiger partial charge on any atom is 0.128 e. The summed E-state index contributed by atoms with van der Waals surface area (Å²) >= 11 is 0. The van der Waals surface area contributed by atoms with E-state index in [2.05, 4.69) is 72.5 Å². The van der Waals surface area contributed by atoms with Crippen LogP contribution in [0.1, 0.15) is 23.6 Å². The Kier molecular flexibility index (Phi) is 5.13. The fourth-order valence-electron chi connectivity index (χ4n) is 2.21. The molecule has 2 rings (SSSR count). The fraction of sp³-hybridized carbons (Fsp3) is 0.353. The monoisotopic (exact) mass is 269 g/mol. The average molecular weight is 269 g/mol. The Labute approximate surface area is 121 Å². The van der Waals surface area contributed by atoms with Crippen molar-refractivity contribution in [2.45, 2.75) is 26.9 Å². The van der Waals surface area contributed by atoms with Crippen molar-refractivity contribution in [2.24, 2.45) is 0 Å². The molecule has 0 aliphatic heterocycles. The SMILES string of the molecule is CCNCc1ccnc(N(C)Cc2cccc(C)c2)c1. The summed E-state index contributed by atoms with van der Waals surface area (Å²) in [6, 6.07) is 12.8. The quantitative estimate of drug-likeness (QED) is 0.873. The zero-order valence-electron chi connectivity index (χ0n) is 12.6. The molecule has 1 heterocycles. The highest BCUT2D eigenvalue weighted by molar-refractivity contribution is 5.41. The zero-order chi connectivity index (χ0) is 14.4. The zero-order valence-corrected chi connectivity index (χ0v) is 12.6. The van der Waals surface area contributed by atoms with E-state index in [1.54, 1.807) is 0 Å². The number of hydrogen-bond donors (Lipinski definition) is 1. The maximum atomic E-state index is 4.46. The van der Waals surface area contributed by atoms with Crippen molar-refractivity contribution in [3.8, 4) is 0 Å². The van der Waals surface area contributed by atoms with Crippen LogP contribution >= 0.6 is 0 Å². The molecule has 0 unspecified atom stereocenters. The van der Waals surface area contributed by atoms with Crippen LogP contribution in [-0.4, -0.2) is 18.6 Å². The van der Waals surface area contributed by atoms with E-state index in [0.717, 1.165) is 25.5 Å². The maximum absolute atomic E-state index is 4.46. The number of aryl methyl sites for hydroxylation is 1. The molecule has 106 valence electrons. The van der Waals surface area contributed by atoms with E-state index in [-0.39, 0.29) is 0 Å². The Morgan fingerprint density at radius 3 is 2.75 bits per heavy atom. The summed E-state index contributed by atoms with van der Waals surface area (Å²) in [5.41, 5.74) is 3.88. The molecule has 0 aliphatic rings. The van der Waals surface area contributed by atoms with Crippen molar-refractivity contribution in [2.75, 3.05) is 18.5 Å². The number of hydrogen-bond acceptors (Lipinski definition) is 3. The predicted molar refractivity (Wildman–Crippen MR) is 84.9 cm³/mol. The van der Waals surface area contributed by atoms with E-state index in [4.69, 9.17) is 0 Å². The molecule has 1 aromatic heterocycles. The number of anilines is 1. The molecule has 0 saturated carbocycles. The summed E-state index contributed by atoms with van der Waals surface area (Å²) < 4.78 is 0. The standard InChI is InChI=1S/C17H23N3/c1-4-18-12-15-8-9-19-17(11-15)20(3)13-16-7-5-6-14(2)10-16/h5-11,18H,4,12-13H2,1-3H3. The van der Waals surface area contributed by atoms with Gasteiger partial charge in [0.05, 0.1) is 0 Å². The van der Waals surface area contributed by atoms with Gasteiger partial charge in [0.2, 0.25) is 0 Å². The Hall–Kier alpha value is -1.87. The summed E-state index contributed by atoms with van der Waals surface area (Å²) in [7, 11) is 2.09. The van der Waals surface area contributed by atoms with Gasteiger partial charge in [-0.2, -0.15) is 0 Å². The van der Waals surface area contributed by atoms with Crippen molar-refractivity contribution in [1.82, 2.24) is 10.3 Å². The number of rotatable bonds is 6. The number of nitrogens with zero attached hydrogens (tertiary/aromatic N) is 2. The molecular formula is C17H23N3. The molecule has 1 N–H and O–H groups in total. The van der Waals surface area contributed by atoms with Gasteiger partial charge in [-0.15, -0.1) is 0 Å². The third-order valence-electron chi connectivity index (χ3n) is 3.28. The smallest absolute Gasteiger partial charge is 0.128 e. The lowest BCUT2D eigenvalue weighted by molar-refractivity contribution is 0.725. The highest BCUT2D eigenvalue weighted by atomic mass is 15.2. The molecule has 0 radical (unpaired) electrons. The molecule has 3 heteroatoms. The van der Waals surface area contributed by atoms with Crippen LogP contribution in [-0.2, 0) is 13.1 Å². The second kappa shape index (κ2) is 7.06. The summed E-state index contributed by atoms with van der Waals surface area (Å²) in [6.07, 6.45) is 1.88. The summed E-state index contributed by atoms with van der Waals surface area (Å²) in [5, 5.41) is 3.34. The van der Waals surface area contributed by atoms with Crippen molar-refractivity contribution in [1.29, 1.82) is 0 Å². The first kappa shape index (κ1) is 14.5. The Morgan fingerprint density at radius 1 is 1.15 bits per heavy atom. The minimum Gasteiger partial charge on any atom is -0.355 e. The van der Waals surface area contributed by atoms with E-state index in [9.17, 15) is 0 Å². The second-order valence-electron chi connectivity index (χ2n) is 5.15. The molecule has 0 atom stereocenters. The molecule has 0 saturated heterocycles. The third kappa shape index (κ3) is 4.07. The van der Waals surface area contributed by atoms with Crippen LogP contribution in [0.5, 0.6) is 0 Å². The third-order valence-corrected chi connectivity index (χ3v) is 3.28. The topological polar surface area (TPSA) is 28.2 Å². The molecule has 20 heavy (non-hydrogen) atoms. The van der Waals surface area contributed by atoms with Crippen molar-refractivity contribution < 1.29 is 0 Å². The number of benzene rings is 1. The van der Waals surface area contributed by atoms with Crippen molar-refractivity contribution in [3.05, 3.63) is 59.3 Å².